The summed E-state index contributed by atoms with van der Waals surface area (Å²) in [5, 5.41) is 0. The van der Waals surface area contributed by atoms with Crippen molar-refractivity contribution in [3.05, 3.63) is 48.0 Å². The molecule has 0 spiro atoms. The third kappa shape index (κ3) is 2.94. The van der Waals surface area contributed by atoms with Crippen LogP contribution < -0.4 is 0 Å². The molecule has 0 aliphatic carbocycles. The van der Waals surface area contributed by atoms with E-state index < -0.39 is 0 Å². The van der Waals surface area contributed by atoms with Crippen LogP contribution in [0, 0.1) is 12.7 Å². The zero-order chi connectivity index (χ0) is 11.3. The highest BCUT2D eigenvalue weighted by Crippen LogP contribution is 2.21. The van der Waals surface area contributed by atoms with Crippen molar-refractivity contribution in [1.82, 2.24) is 0 Å². The molecule has 0 amide bonds. The molecule has 80 valence electrons. The molecule has 1 nitrogen and oxygen atoms in total. The zero-order valence-corrected chi connectivity index (χ0v) is 9.25. The Morgan fingerprint density at radius 1 is 1.07 bits per heavy atom. The number of benzene rings is 1. The van der Waals surface area contributed by atoms with Crippen LogP contribution in [0.15, 0.2) is 40.8 Å². The molecule has 0 saturated carbocycles. The number of hydrogen-bond acceptors (Lipinski definition) is 1. The van der Waals surface area contributed by atoms with Gasteiger partial charge in [-0.05, 0) is 31.2 Å². The van der Waals surface area contributed by atoms with Gasteiger partial charge in [0.15, 0.2) is 0 Å². The van der Waals surface area contributed by atoms with Crippen molar-refractivity contribution in [1.29, 1.82) is 0 Å². The molecule has 0 unspecified atom stereocenters. The van der Waals surface area contributed by atoms with E-state index in [1.807, 2.05) is 39.0 Å². The van der Waals surface area contributed by atoms with Gasteiger partial charge in [0.2, 0.25) is 0 Å². The molecule has 0 aliphatic rings. The third-order valence-corrected chi connectivity index (χ3v) is 1.85. The van der Waals surface area contributed by atoms with Gasteiger partial charge in [0.25, 0.3) is 0 Å². The van der Waals surface area contributed by atoms with Crippen molar-refractivity contribution in [2.45, 2.75) is 20.8 Å². The van der Waals surface area contributed by atoms with Gasteiger partial charge in [-0.2, -0.15) is 0 Å². The largest absolute Gasteiger partial charge is 0.461 e. The maximum Gasteiger partial charge on any atom is 0.134 e. The number of furan rings is 1. The Balaban J connectivity index is 0.000000531. The predicted molar refractivity (Wildman–Crippen MR) is 60.2 cm³/mol. The molecular formula is C13H15FO. The van der Waals surface area contributed by atoms with Crippen LogP contribution in [0.25, 0.3) is 11.3 Å². The first-order chi connectivity index (χ1) is 7.25. The van der Waals surface area contributed by atoms with Crippen LogP contribution in [0.2, 0.25) is 0 Å². The molecule has 0 saturated heterocycles. The Hall–Kier alpha value is -1.57. The van der Waals surface area contributed by atoms with Crippen molar-refractivity contribution in [2.24, 2.45) is 0 Å². The molecule has 0 N–H and O–H groups in total. The lowest BCUT2D eigenvalue weighted by molar-refractivity contribution is 0.547. The van der Waals surface area contributed by atoms with Crippen molar-refractivity contribution < 1.29 is 8.81 Å². The second-order valence-electron chi connectivity index (χ2n) is 2.92. The normalized spacial score (nSPS) is 9.33. The average Bonchev–Trinajstić information content (AvgIpc) is 2.68. The summed E-state index contributed by atoms with van der Waals surface area (Å²) >= 11 is 0. The van der Waals surface area contributed by atoms with E-state index in [0.717, 1.165) is 11.3 Å². The summed E-state index contributed by atoms with van der Waals surface area (Å²) in [6, 6.07) is 10.1. The van der Waals surface area contributed by atoms with Gasteiger partial charge < -0.3 is 4.42 Å². The number of rotatable bonds is 1. The van der Waals surface area contributed by atoms with Gasteiger partial charge in [0, 0.05) is 5.56 Å². The summed E-state index contributed by atoms with van der Waals surface area (Å²) in [6.07, 6.45) is 0. The number of halogens is 1. The summed E-state index contributed by atoms with van der Waals surface area (Å²) in [4.78, 5) is 0. The monoisotopic (exact) mass is 206 g/mol. The first kappa shape index (κ1) is 11.5. The standard InChI is InChI=1S/C11H9FO.C2H6/c1-8-5-6-11(13-8)9-3-2-4-10(12)7-9;1-2/h2-7H,1H3;1-2H3. The van der Waals surface area contributed by atoms with E-state index in [4.69, 9.17) is 4.42 Å². The highest BCUT2D eigenvalue weighted by molar-refractivity contribution is 5.57. The van der Waals surface area contributed by atoms with E-state index in [9.17, 15) is 4.39 Å². The van der Waals surface area contributed by atoms with E-state index in [0.29, 0.717) is 5.76 Å². The second kappa shape index (κ2) is 5.35. The molecule has 2 heteroatoms. The van der Waals surface area contributed by atoms with Gasteiger partial charge in [0.05, 0.1) is 0 Å². The Bertz CT molecular complexity index is 418. The van der Waals surface area contributed by atoms with Gasteiger partial charge in [-0.1, -0.05) is 26.0 Å². The van der Waals surface area contributed by atoms with Gasteiger partial charge in [0.1, 0.15) is 17.3 Å². The molecule has 0 bridgehead atoms. The highest BCUT2D eigenvalue weighted by atomic mass is 19.1. The quantitative estimate of drug-likeness (QED) is 0.673. The molecule has 2 aromatic rings. The van der Waals surface area contributed by atoms with Gasteiger partial charge >= 0.3 is 0 Å². The van der Waals surface area contributed by atoms with Gasteiger partial charge in [-0.15, -0.1) is 0 Å². The summed E-state index contributed by atoms with van der Waals surface area (Å²) in [5.41, 5.74) is 0.771. The molecule has 0 atom stereocenters. The Morgan fingerprint density at radius 3 is 2.33 bits per heavy atom. The van der Waals surface area contributed by atoms with Crippen molar-refractivity contribution in [3.8, 4) is 11.3 Å². The number of hydrogen-bond donors (Lipinski definition) is 0. The van der Waals surface area contributed by atoms with Gasteiger partial charge in [-0.3, -0.25) is 0 Å². The first-order valence-corrected chi connectivity index (χ1v) is 5.08. The van der Waals surface area contributed by atoms with Crippen LogP contribution in [0.5, 0.6) is 0 Å². The van der Waals surface area contributed by atoms with Crippen LogP contribution in [-0.4, -0.2) is 0 Å². The third-order valence-electron chi connectivity index (χ3n) is 1.85. The molecular weight excluding hydrogens is 191 g/mol. The van der Waals surface area contributed by atoms with Gasteiger partial charge in [-0.25, -0.2) is 4.39 Å². The minimum absolute atomic E-state index is 0.244. The minimum Gasteiger partial charge on any atom is -0.461 e. The van der Waals surface area contributed by atoms with Crippen LogP contribution in [0.1, 0.15) is 19.6 Å². The highest BCUT2D eigenvalue weighted by Gasteiger charge is 2.02. The Morgan fingerprint density at radius 2 is 1.80 bits per heavy atom. The fraction of sp³-hybridized carbons (Fsp3) is 0.231. The lowest BCUT2D eigenvalue weighted by Crippen LogP contribution is -1.75. The fourth-order valence-electron chi connectivity index (χ4n) is 1.23. The van der Waals surface area contributed by atoms with Crippen molar-refractivity contribution >= 4 is 0 Å². The summed E-state index contributed by atoms with van der Waals surface area (Å²) in [6.45, 7) is 5.86. The lowest BCUT2D eigenvalue weighted by atomic mass is 10.2. The summed E-state index contributed by atoms with van der Waals surface area (Å²) in [7, 11) is 0. The van der Waals surface area contributed by atoms with Crippen molar-refractivity contribution in [2.75, 3.05) is 0 Å². The summed E-state index contributed by atoms with van der Waals surface area (Å²) < 4.78 is 18.2. The van der Waals surface area contributed by atoms with Crippen LogP contribution in [-0.2, 0) is 0 Å². The van der Waals surface area contributed by atoms with E-state index in [1.165, 1.54) is 12.1 Å². The molecule has 1 aromatic carbocycles. The topological polar surface area (TPSA) is 13.1 Å². The average molecular weight is 206 g/mol. The molecule has 2 rings (SSSR count). The SMILES string of the molecule is CC.Cc1ccc(-c2cccc(F)c2)o1. The van der Waals surface area contributed by atoms with E-state index in [1.54, 1.807) is 6.07 Å². The Labute approximate surface area is 89.5 Å². The number of aryl methyl sites for hydroxylation is 1. The minimum atomic E-state index is -0.244. The van der Waals surface area contributed by atoms with E-state index >= 15 is 0 Å². The molecule has 1 aromatic heterocycles. The summed E-state index contributed by atoms with van der Waals surface area (Å²) in [5.74, 6) is 1.29. The van der Waals surface area contributed by atoms with Crippen LogP contribution >= 0.6 is 0 Å². The Kier molecular flexibility index (Phi) is 4.10. The molecule has 0 radical (unpaired) electrons. The van der Waals surface area contributed by atoms with E-state index in [-0.39, 0.29) is 5.82 Å². The van der Waals surface area contributed by atoms with E-state index in [2.05, 4.69) is 0 Å². The fourth-order valence-corrected chi connectivity index (χ4v) is 1.23. The predicted octanol–water partition coefficient (Wildman–Crippen LogP) is 4.42. The van der Waals surface area contributed by atoms with Crippen molar-refractivity contribution in [3.63, 3.8) is 0 Å². The maximum absolute atomic E-state index is 12.8. The first-order valence-electron chi connectivity index (χ1n) is 5.08. The maximum atomic E-state index is 12.8. The van der Waals surface area contributed by atoms with Crippen LogP contribution in [0.3, 0.4) is 0 Å². The lowest BCUT2D eigenvalue weighted by Gasteiger charge is -1.95. The zero-order valence-electron chi connectivity index (χ0n) is 9.25. The molecule has 15 heavy (non-hydrogen) atoms. The second-order valence-corrected chi connectivity index (χ2v) is 2.92. The smallest absolute Gasteiger partial charge is 0.134 e. The molecule has 1 heterocycles. The molecule has 0 aliphatic heterocycles. The molecule has 0 fully saturated rings. The van der Waals surface area contributed by atoms with Crippen LogP contribution in [0.4, 0.5) is 4.39 Å².